The van der Waals surface area contributed by atoms with Gasteiger partial charge in [0, 0.05) is 25.8 Å². The van der Waals surface area contributed by atoms with Crippen molar-refractivity contribution in [2.75, 3.05) is 23.9 Å². The second kappa shape index (κ2) is 8.03. The van der Waals surface area contributed by atoms with E-state index in [9.17, 15) is 4.79 Å². The minimum absolute atomic E-state index is 0. The Kier molecular flexibility index (Phi) is 5.06. The van der Waals surface area contributed by atoms with Gasteiger partial charge in [0.15, 0.2) is 17.5 Å². The number of aromatic amines is 1. The van der Waals surface area contributed by atoms with Gasteiger partial charge in [-0.1, -0.05) is 0 Å². The zero-order chi connectivity index (χ0) is 21.4. The molecule has 31 heavy (non-hydrogen) atoms. The fourth-order valence-corrected chi connectivity index (χ4v) is 4.37. The van der Waals surface area contributed by atoms with Crippen LogP contribution in [0.25, 0.3) is 22.8 Å². The summed E-state index contributed by atoms with van der Waals surface area (Å²) in [6.45, 7) is 2.15. The van der Waals surface area contributed by atoms with E-state index >= 15 is 0 Å². The zero-order valence-electron chi connectivity index (χ0n) is 17.5. The summed E-state index contributed by atoms with van der Waals surface area (Å²) in [4.78, 5) is 32.9. The number of fused-ring (bicyclic) bond motifs is 1. The fraction of sp³-hybridized carbons (Fsp3) is 0.429. The molecular weight excluding hydrogens is 396 g/mol. The fourth-order valence-electron chi connectivity index (χ4n) is 4.37. The summed E-state index contributed by atoms with van der Waals surface area (Å²) in [6.07, 6.45) is 7.10. The van der Waals surface area contributed by atoms with Crippen LogP contribution in [0.5, 0.6) is 0 Å². The maximum Gasteiger partial charge on any atom is 0.247 e. The number of ether oxygens (including phenoxy) is 1. The molecular formula is C21H26N8O2. The number of aryl methyl sites for hydroxylation is 1. The standard InChI is InChI=1S/C21H24N8O2.H2/c1-12-15(7-8-16(26-12)19-24-11-25-28-19)17-9-22-20-21(27-17)29(18(30)10-23-20)13-3-5-14(31-2)6-4-13;/h7-9,11,13-14H,3-6,10H2,1-2H3,(H,22,23)(H,24,25,28);1H. The highest BCUT2D eigenvalue weighted by molar-refractivity contribution is 6.01. The molecule has 0 spiro atoms. The number of nitrogens with zero attached hydrogens (tertiary/aromatic N) is 6. The lowest BCUT2D eigenvalue weighted by Crippen LogP contribution is -2.49. The molecule has 1 saturated carbocycles. The van der Waals surface area contributed by atoms with Gasteiger partial charge in [-0.25, -0.2) is 19.9 Å². The average Bonchev–Trinajstić information content (AvgIpc) is 3.34. The van der Waals surface area contributed by atoms with Gasteiger partial charge < -0.3 is 10.1 Å². The lowest BCUT2D eigenvalue weighted by Gasteiger charge is -2.38. The van der Waals surface area contributed by atoms with Crippen LogP contribution in [0.1, 0.15) is 32.8 Å². The molecule has 0 aromatic carbocycles. The third-order valence-corrected chi connectivity index (χ3v) is 6.02. The Labute approximate surface area is 181 Å². The van der Waals surface area contributed by atoms with Gasteiger partial charge in [0.2, 0.25) is 5.91 Å². The molecule has 2 N–H and O–H groups in total. The van der Waals surface area contributed by atoms with Crippen molar-refractivity contribution in [3.8, 4) is 22.8 Å². The Morgan fingerprint density at radius 2 is 1.97 bits per heavy atom. The Hall–Kier alpha value is -3.40. The summed E-state index contributed by atoms with van der Waals surface area (Å²) in [5.74, 6) is 1.86. The number of pyridine rings is 1. The van der Waals surface area contributed by atoms with E-state index in [1.807, 2.05) is 24.0 Å². The topological polar surface area (TPSA) is 122 Å². The molecule has 0 unspecified atom stereocenters. The number of H-pyrrole nitrogens is 1. The van der Waals surface area contributed by atoms with Gasteiger partial charge in [0.25, 0.3) is 0 Å². The minimum Gasteiger partial charge on any atom is -0.381 e. The molecule has 162 valence electrons. The molecule has 0 atom stereocenters. The Morgan fingerprint density at radius 3 is 2.68 bits per heavy atom. The molecule has 1 fully saturated rings. The van der Waals surface area contributed by atoms with Crippen molar-refractivity contribution in [2.45, 2.75) is 44.8 Å². The number of rotatable bonds is 4. The number of aromatic nitrogens is 6. The highest BCUT2D eigenvalue weighted by Gasteiger charge is 2.35. The smallest absolute Gasteiger partial charge is 0.247 e. The number of hydrogen-bond acceptors (Lipinski definition) is 8. The highest BCUT2D eigenvalue weighted by Crippen LogP contribution is 2.35. The molecule has 0 radical (unpaired) electrons. The summed E-state index contributed by atoms with van der Waals surface area (Å²) in [5, 5.41) is 9.80. The molecule has 10 heteroatoms. The molecule has 0 saturated heterocycles. The molecule has 1 aliphatic heterocycles. The minimum atomic E-state index is 0. The van der Waals surface area contributed by atoms with Crippen LogP contribution in [0.2, 0.25) is 0 Å². The largest absolute Gasteiger partial charge is 0.381 e. The first-order chi connectivity index (χ1) is 15.1. The number of methoxy groups -OCH3 is 1. The van der Waals surface area contributed by atoms with Crippen LogP contribution in [0.15, 0.2) is 24.7 Å². The maximum atomic E-state index is 12.8. The third kappa shape index (κ3) is 3.63. The first-order valence-electron chi connectivity index (χ1n) is 10.4. The van der Waals surface area contributed by atoms with E-state index in [-0.39, 0.29) is 26.0 Å². The predicted octanol–water partition coefficient (Wildman–Crippen LogP) is 2.59. The number of nitrogens with one attached hydrogen (secondary N) is 2. The lowest BCUT2D eigenvalue weighted by atomic mass is 9.91. The van der Waals surface area contributed by atoms with E-state index in [0.29, 0.717) is 28.8 Å². The van der Waals surface area contributed by atoms with Crippen molar-refractivity contribution in [1.82, 2.24) is 30.1 Å². The second-order valence-corrected chi connectivity index (χ2v) is 7.87. The average molecular weight is 422 g/mol. The molecule has 0 bridgehead atoms. The van der Waals surface area contributed by atoms with Gasteiger partial charge >= 0.3 is 0 Å². The number of anilines is 2. The van der Waals surface area contributed by atoms with Crippen LogP contribution in [0.4, 0.5) is 11.6 Å². The van der Waals surface area contributed by atoms with E-state index in [4.69, 9.17) is 9.72 Å². The van der Waals surface area contributed by atoms with Gasteiger partial charge in [-0.05, 0) is 44.7 Å². The molecule has 3 aromatic heterocycles. The van der Waals surface area contributed by atoms with Crippen LogP contribution in [-0.4, -0.2) is 61.8 Å². The quantitative estimate of drug-likeness (QED) is 0.658. The van der Waals surface area contributed by atoms with Crippen LogP contribution in [0.3, 0.4) is 0 Å². The highest BCUT2D eigenvalue weighted by atomic mass is 16.5. The number of hydrogen-bond donors (Lipinski definition) is 2. The van der Waals surface area contributed by atoms with Crippen molar-refractivity contribution in [3.63, 3.8) is 0 Å². The molecule has 2 aliphatic rings. The zero-order valence-corrected chi connectivity index (χ0v) is 17.5. The monoisotopic (exact) mass is 422 g/mol. The maximum absolute atomic E-state index is 12.8. The summed E-state index contributed by atoms with van der Waals surface area (Å²) in [7, 11) is 1.75. The number of amides is 1. The normalized spacial score (nSPS) is 21.0. The van der Waals surface area contributed by atoms with Gasteiger partial charge in [-0.15, -0.1) is 0 Å². The van der Waals surface area contributed by atoms with Crippen LogP contribution in [0, 0.1) is 6.92 Å². The van der Waals surface area contributed by atoms with Crippen molar-refractivity contribution in [1.29, 1.82) is 0 Å². The third-order valence-electron chi connectivity index (χ3n) is 6.02. The van der Waals surface area contributed by atoms with E-state index in [1.165, 1.54) is 6.33 Å². The van der Waals surface area contributed by atoms with Crippen molar-refractivity contribution in [2.24, 2.45) is 0 Å². The SMILES string of the molecule is COC1CCC(N2C(=O)CNc3ncc(-c4ccc(-c5ncn[nH]5)nc4C)nc32)CC1.[HH]. The molecule has 3 aromatic rings. The van der Waals surface area contributed by atoms with Crippen molar-refractivity contribution in [3.05, 3.63) is 30.4 Å². The van der Waals surface area contributed by atoms with Gasteiger partial charge in [0.1, 0.15) is 12.0 Å². The summed E-state index contributed by atoms with van der Waals surface area (Å²) >= 11 is 0. The van der Waals surface area contributed by atoms with Gasteiger partial charge in [-0.3, -0.25) is 14.8 Å². The molecule has 1 aliphatic carbocycles. The van der Waals surface area contributed by atoms with Crippen LogP contribution in [-0.2, 0) is 9.53 Å². The molecule has 10 nitrogen and oxygen atoms in total. The Bertz CT molecular complexity index is 1100. The summed E-state index contributed by atoms with van der Waals surface area (Å²) < 4.78 is 5.49. The van der Waals surface area contributed by atoms with Gasteiger partial charge in [0.05, 0.1) is 24.5 Å². The molecule has 4 heterocycles. The van der Waals surface area contributed by atoms with Gasteiger partial charge in [-0.2, -0.15) is 5.10 Å². The van der Waals surface area contributed by atoms with E-state index in [1.54, 1.807) is 13.3 Å². The van der Waals surface area contributed by atoms with E-state index in [0.717, 1.165) is 36.9 Å². The second-order valence-electron chi connectivity index (χ2n) is 7.87. The van der Waals surface area contributed by atoms with E-state index in [2.05, 4.69) is 30.5 Å². The number of carbonyl (C=O) groups is 1. The molecule has 1 amide bonds. The number of carbonyl (C=O) groups excluding carboxylic acids is 1. The van der Waals surface area contributed by atoms with Crippen LogP contribution < -0.4 is 10.2 Å². The summed E-state index contributed by atoms with van der Waals surface area (Å²) in [5.41, 5.74) is 3.04. The lowest BCUT2D eigenvalue weighted by molar-refractivity contribution is -0.118. The summed E-state index contributed by atoms with van der Waals surface area (Å²) in [6, 6.07) is 3.93. The predicted molar refractivity (Wildman–Crippen MR) is 117 cm³/mol. The van der Waals surface area contributed by atoms with E-state index < -0.39 is 0 Å². The Morgan fingerprint density at radius 1 is 1.13 bits per heavy atom. The van der Waals surface area contributed by atoms with Crippen molar-refractivity contribution >= 4 is 17.5 Å². The van der Waals surface area contributed by atoms with Crippen molar-refractivity contribution < 1.29 is 11.0 Å². The first kappa shape index (κ1) is 19.6. The first-order valence-corrected chi connectivity index (χ1v) is 10.4. The van der Waals surface area contributed by atoms with Crippen LogP contribution >= 0.6 is 0 Å². The molecule has 5 rings (SSSR count). The Balaban J connectivity index is 0.00000245.